The molecule has 1 fully saturated rings. The maximum absolute atomic E-state index is 13.0. The highest BCUT2D eigenvalue weighted by Gasteiger charge is 2.54. The summed E-state index contributed by atoms with van der Waals surface area (Å²) in [6.07, 6.45) is 0. The van der Waals surface area contributed by atoms with Gasteiger partial charge in [-0.1, -0.05) is 16.9 Å². The lowest BCUT2D eigenvalue weighted by molar-refractivity contribution is -0.150. The van der Waals surface area contributed by atoms with Gasteiger partial charge in [-0.2, -0.15) is 8.78 Å². The van der Waals surface area contributed by atoms with Gasteiger partial charge in [0, 0.05) is 23.4 Å². The number of thioether (sulfide) groups is 2. The van der Waals surface area contributed by atoms with Crippen LogP contribution in [0.4, 0.5) is 13.9 Å². The minimum absolute atomic E-state index is 0.0599. The number of nitrogens with zero attached hydrogens (tertiary/aromatic N) is 8. The number of carboxylic acids is 1. The molecule has 2 aliphatic heterocycles. The molecular weight excluding hydrogens is 582 g/mol. The van der Waals surface area contributed by atoms with E-state index in [0.29, 0.717) is 23.8 Å². The Hall–Kier alpha value is -3.36. The number of alkyl halides is 2. The number of fused-ring (bicyclic) bond motifs is 1. The van der Waals surface area contributed by atoms with Crippen LogP contribution in [0.15, 0.2) is 27.0 Å². The number of carboxylic acid groups (broad SMARTS) is 1. The van der Waals surface area contributed by atoms with Crippen molar-refractivity contribution >= 4 is 63.5 Å². The molecule has 1 saturated heterocycles. The fourth-order valence-electron chi connectivity index (χ4n) is 3.58. The van der Waals surface area contributed by atoms with Crippen LogP contribution in [0.3, 0.4) is 0 Å². The fourth-order valence-corrected chi connectivity index (χ4v) is 6.52. The summed E-state index contributed by atoms with van der Waals surface area (Å²) in [6, 6.07) is -1.13. The molecule has 0 aliphatic carbocycles. The molecule has 2 amide bonds. The monoisotopic (exact) mass is 604 g/mol. The average molecular weight is 605 g/mol. The van der Waals surface area contributed by atoms with E-state index < -0.39 is 41.5 Å². The topological polar surface area (TPSA) is 194 Å². The Morgan fingerprint density at radius 3 is 2.85 bits per heavy atom. The van der Waals surface area contributed by atoms with Gasteiger partial charge in [-0.25, -0.2) is 14.5 Å². The number of carbonyl (C=O) groups is 3. The van der Waals surface area contributed by atoms with Crippen molar-refractivity contribution in [1.29, 1.82) is 0 Å². The van der Waals surface area contributed by atoms with E-state index in [-0.39, 0.29) is 28.0 Å². The number of anilines is 1. The van der Waals surface area contributed by atoms with E-state index >= 15 is 0 Å². The molecule has 4 rings (SSSR count). The van der Waals surface area contributed by atoms with E-state index in [4.69, 9.17) is 5.73 Å². The zero-order chi connectivity index (χ0) is 28.3. The highest BCUT2D eigenvalue weighted by Crippen LogP contribution is 2.41. The largest absolute Gasteiger partial charge is 0.477 e. The number of carbonyl (C=O) groups excluding carboxylic acids is 2. The van der Waals surface area contributed by atoms with Gasteiger partial charge < -0.3 is 25.9 Å². The highest BCUT2D eigenvalue weighted by molar-refractivity contribution is 8.01. The summed E-state index contributed by atoms with van der Waals surface area (Å²) in [7, 11) is 3.83. The van der Waals surface area contributed by atoms with Gasteiger partial charge in [-0.15, -0.1) is 28.2 Å². The lowest BCUT2D eigenvalue weighted by Gasteiger charge is -2.49. The standard InChI is InChI=1S/C19H22F2N10O5S3/c1-29(2)3-4-30-19(25-27-28-30)39-6-8-5-37-15-11(14(33)31(15)12(8)16(34)35)24-13(32)10(26-36-17(20)21)9-7-38-18(22)23-9/h7,11,15,17H,3-6H2,1-2H3,(H2,22,23)(H,24,32)(H,34,35)/t11?,15-/m0/s1. The van der Waals surface area contributed by atoms with Crippen LogP contribution in [-0.4, -0.2) is 114 Å². The maximum Gasteiger partial charge on any atom is 0.407 e. The van der Waals surface area contributed by atoms with Gasteiger partial charge in [0.2, 0.25) is 5.16 Å². The summed E-state index contributed by atoms with van der Waals surface area (Å²) >= 11 is 3.44. The molecule has 2 aromatic heterocycles. The number of nitrogen functional groups attached to an aromatic ring is 1. The Bertz CT molecular complexity index is 1320. The van der Waals surface area contributed by atoms with E-state index in [2.05, 4.69) is 35.8 Å². The number of nitrogens with one attached hydrogen (secondary N) is 1. The van der Waals surface area contributed by atoms with Crippen LogP contribution in [0.25, 0.3) is 0 Å². The van der Waals surface area contributed by atoms with Crippen molar-refractivity contribution in [2.45, 2.75) is 29.7 Å². The molecular formula is C19H22F2N10O5S3. The number of aromatic nitrogens is 5. The van der Waals surface area contributed by atoms with Gasteiger partial charge in [0.1, 0.15) is 22.8 Å². The Morgan fingerprint density at radius 1 is 1.44 bits per heavy atom. The van der Waals surface area contributed by atoms with E-state index in [0.717, 1.165) is 16.2 Å². The number of aliphatic carboxylic acids is 1. The molecule has 1 unspecified atom stereocenters. The van der Waals surface area contributed by atoms with Crippen molar-refractivity contribution in [1.82, 2.24) is 40.3 Å². The molecule has 210 valence electrons. The smallest absolute Gasteiger partial charge is 0.407 e. The van der Waals surface area contributed by atoms with E-state index in [1.807, 2.05) is 19.0 Å². The number of halogens is 2. The molecule has 0 aromatic carbocycles. The summed E-state index contributed by atoms with van der Waals surface area (Å²) in [5, 5.41) is 28.2. The zero-order valence-electron chi connectivity index (χ0n) is 20.4. The number of β-lactam (4-membered cyclic amide) rings is 1. The van der Waals surface area contributed by atoms with Gasteiger partial charge in [-0.05, 0) is 30.1 Å². The number of amides is 2. The van der Waals surface area contributed by atoms with Gasteiger partial charge in [0.05, 0.1) is 6.54 Å². The number of nitrogens with two attached hydrogens (primary N) is 1. The van der Waals surface area contributed by atoms with Crippen molar-refractivity contribution in [3.05, 3.63) is 22.3 Å². The van der Waals surface area contributed by atoms with Crippen LogP contribution >= 0.6 is 34.9 Å². The summed E-state index contributed by atoms with van der Waals surface area (Å²) in [4.78, 5) is 48.8. The van der Waals surface area contributed by atoms with Crippen LogP contribution in [-0.2, 0) is 25.8 Å². The normalized spacial score (nSPS) is 19.4. The number of hydrogen-bond acceptors (Lipinski definition) is 14. The molecule has 20 heteroatoms. The third-order valence-electron chi connectivity index (χ3n) is 5.37. The molecule has 0 radical (unpaired) electrons. The number of rotatable bonds is 12. The molecule has 4 heterocycles. The number of thiazole rings is 1. The third-order valence-corrected chi connectivity index (χ3v) is 8.43. The average Bonchev–Trinajstić information content (AvgIpc) is 3.52. The molecule has 4 N–H and O–H groups in total. The van der Waals surface area contributed by atoms with Gasteiger partial charge in [0.25, 0.3) is 11.8 Å². The van der Waals surface area contributed by atoms with E-state index in [1.165, 1.54) is 28.9 Å². The molecule has 2 aliphatic rings. The van der Waals surface area contributed by atoms with Crippen molar-refractivity contribution in [2.75, 3.05) is 37.9 Å². The van der Waals surface area contributed by atoms with Crippen LogP contribution < -0.4 is 11.1 Å². The second-order valence-electron chi connectivity index (χ2n) is 8.27. The summed E-state index contributed by atoms with van der Waals surface area (Å²) < 4.78 is 26.7. The predicted octanol–water partition coefficient (Wildman–Crippen LogP) is -0.252. The molecule has 0 bridgehead atoms. The van der Waals surface area contributed by atoms with E-state index in [1.54, 1.807) is 4.68 Å². The first-order valence-electron chi connectivity index (χ1n) is 11.0. The van der Waals surface area contributed by atoms with Crippen molar-refractivity contribution < 1.29 is 33.1 Å². The van der Waals surface area contributed by atoms with Crippen LogP contribution in [0.2, 0.25) is 0 Å². The number of oxime groups is 1. The predicted molar refractivity (Wildman–Crippen MR) is 137 cm³/mol. The number of likely N-dealkylation sites (N-methyl/N-ethyl adjacent to an activating group) is 1. The van der Waals surface area contributed by atoms with E-state index in [9.17, 15) is 28.3 Å². The Kier molecular flexibility index (Phi) is 8.97. The van der Waals surface area contributed by atoms with Crippen molar-refractivity contribution in [3.63, 3.8) is 0 Å². The number of tetrazole rings is 1. The Morgan fingerprint density at radius 2 is 2.21 bits per heavy atom. The molecule has 39 heavy (non-hydrogen) atoms. The Labute approximate surface area is 231 Å². The maximum atomic E-state index is 13.0. The minimum Gasteiger partial charge on any atom is -0.477 e. The van der Waals surface area contributed by atoms with Crippen LogP contribution in [0.5, 0.6) is 0 Å². The molecule has 2 aromatic rings. The molecule has 15 nitrogen and oxygen atoms in total. The quantitative estimate of drug-likeness (QED) is 0.124. The Balaban J connectivity index is 1.47. The van der Waals surface area contributed by atoms with Gasteiger partial charge >= 0.3 is 12.6 Å². The van der Waals surface area contributed by atoms with Crippen LogP contribution in [0, 0.1) is 0 Å². The second-order valence-corrected chi connectivity index (χ2v) is 11.2. The first kappa shape index (κ1) is 28.6. The summed E-state index contributed by atoms with van der Waals surface area (Å²) in [6.45, 7) is -2.06. The molecule has 2 atom stereocenters. The lowest BCUT2D eigenvalue weighted by atomic mass is 10.0. The fraction of sp³-hybridized carbons (Fsp3) is 0.474. The molecule has 0 saturated carbocycles. The van der Waals surface area contributed by atoms with Gasteiger partial charge in [0.15, 0.2) is 10.8 Å². The molecule has 0 spiro atoms. The highest BCUT2D eigenvalue weighted by atomic mass is 32.2. The summed E-state index contributed by atoms with van der Waals surface area (Å²) in [5.74, 6) is -2.51. The zero-order valence-corrected chi connectivity index (χ0v) is 22.8. The van der Waals surface area contributed by atoms with Gasteiger partial charge in [-0.3, -0.25) is 14.5 Å². The van der Waals surface area contributed by atoms with Crippen LogP contribution in [0.1, 0.15) is 5.69 Å². The minimum atomic E-state index is -3.30. The first-order chi connectivity index (χ1) is 18.6. The number of hydrogen-bond donors (Lipinski definition) is 3. The lowest BCUT2D eigenvalue weighted by Crippen LogP contribution is -2.71. The van der Waals surface area contributed by atoms with Crippen molar-refractivity contribution in [3.8, 4) is 0 Å². The third kappa shape index (κ3) is 6.45. The first-order valence-corrected chi connectivity index (χ1v) is 14.0. The van der Waals surface area contributed by atoms with Crippen molar-refractivity contribution in [2.24, 2.45) is 5.16 Å². The SMILES string of the molecule is CN(C)CCn1nnnc1SCC1=C(C(=O)O)N2C(=O)C(NC(=O)C(=NOC(F)F)c3csc(N)n3)[C@@H]2SC1. The second kappa shape index (κ2) is 12.2. The summed E-state index contributed by atoms with van der Waals surface area (Å²) in [5.41, 5.74) is 5.14.